The molecule has 1 amide bonds. The van der Waals surface area contributed by atoms with E-state index in [-0.39, 0.29) is 23.3 Å². The second kappa shape index (κ2) is 5.41. The van der Waals surface area contributed by atoms with Gasteiger partial charge in [-0.25, -0.2) is 5.10 Å². The Morgan fingerprint density at radius 3 is 2.79 bits per heavy atom. The van der Waals surface area contributed by atoms with Crippen molar-refractivity contribution >= 4 is 16.7 Å². The third-order valence-electron chi connectivity index (χ3n) is 5.59. The zero-order valence-electron chi connectivity index (χ0n) is 14.1. The van der Waals surface area contributed by atoms with Gasteiger partial charge in [-0.3, -0.25) is 9.59 Å². The van der Waals surface area contributed by atoms with Gasteiger partial charge in [0.1, 0.15) is 0 Å². The van der Waals surface area contributed by atoms with Crippen LogP contribution in [0.2, 0.25) is 0 Å². The Kier molecular flexibility index (Phi) is 3.46. The first kappa shape index (κ1) is 15.3. The minimum atomic E-state index is -0.215. The number of carbonyl (C=O) groups is 1. The van der Waals surface area contributed by atoms with Crippen molar-refractivity contribution in [3.8, 4) is 0 Å². The molecule has 2 fully saturated rings. The van der Waals surface area contributed by atoms with Crippen molar-refractivity contribution < 1.29 is 4.79 Å². The summed E-state index contributed by atoms with van der Waals surface area (Å²) in [7, 11) is 2.14. The lowest BCUT2D eigenvalue weighted by Gasteiger charge is -2.24. The van der Waals surface area contributed by atoms with Crippen LogP contribution in [0.1, 0.15) is 12.6 Å². The van der Waals surface area contributed by atoms with Crippen LogP contribution in [-0.4, -0.2) is 59.1 Å². The van der Waals surface area contributed by atoms with Gasteiger partial charge >= 0.3 is 0 Å². The number of hydrogen-bond acceptors (Lipinski definition) is 4. The van der Waals surface area contributed by atoms with Crippen molar-refractivity contribution in [2.75, 3.05) is 33.2 Å². The number of rotatable bonds is 2. The van der Waals surface area contributed by atoms with E-state index in [1.807, 2.05) is 23.1 Å². The first-order valence-electron chi connectivity index (χ1n) is 8.39. The van der Waals surface area contributed by atoms with Crippen LogP contribution in [0.15, 0.2) is 29.1 Å². The van der Waals surface area contributed by atoms with Gasteiger partial charge in [-0.15, -0.1) is 0 Å². The zero-order chi connectivity index (χ0) is 16.9. The molecule has 0 radical (unpaired) electrons. The molecule has 6 nitrogen and oxygen atoms in total. The molecule has 2 saturated heterocycles. The topological polar surface area (TPSA) is 69.3 Å². The third-order valence-corrected chi connectivity index (χ3v) is 5.59. The summed E-state index contributed by atoms with van der Waals surface area (Å²) in [5, 5.41) is 7.98. The van der Waals surface area contributed by atoms with E-state index in [1.54, 1.807) is 6.07 Å². The van der Waals surface area contributed by atoms with Crippen molar-refractivity contribution in [2.45, 2.75) is 13.3 Å². The third kappa shape index (κ3) is 2.41. The molecule has 3 heterocycles. The lowest BCUT2D eigenvalue weighted by atomic mass is 9.83. The normalized spacial score (nSPS) is 26.9. The van der Waals surface area contributed by atoms with Gasteiger partial charge in [-0.05, 0) is 19.0 Å². The summed E-state index contributed by atoms with van der Waals surface area (Å²) in [5.74, 6) is 0.643. The van der Waals surface area contributed by atoms with Crippen LogP contribution in [0.5, 0.6) is 0 Å². The predicted molar refractivity (Wildman–Crippen MR) is 91.7 cm³/mol. The highest BCUT2D eigenvalue weighted by Gasteiger charge is 2.49. The average Bonchev–Trinajstić information content (AvgIpc) is 3.00. The highest BCUT2D eigenvalue weighted by molar-refractivity contribution is 5.88. The SMILES string of the molecule is CN1C[C@@H]2CN(C(=O)Cc3n[nH]c(=O)c4ccccc34)C[C@]2(C)C1. The Labute approximate surface area is 140 Å². The van der Waals surface area contributed by atoms with Gasteiger partial charge in [0, 0.05) is 37.0 Å². The molecule has 1 N–H and O–H groups in total. The Morgan fingerprint density at radius 1 is 1.29 bits per heavy atom. The Morgan fingerprint density at radius 2 is 2.04 bits per heavy atom. The van der Waals surface area contributed by atoms with Gasteiger partial charge in [0.2, 0.25) is 5.91 Å². The Balaban J connectivity index is 1.56. The summed E-state index contributed by atoms with van der Waals surface area (Å²) < 4.78 is 0. The van der Waals surface area contributed by atoms with E-state index in [9.17, 15) is 9.59 Å². The van der Waals surface area contributed by atoms with Crippen LogP contribution in [0.3, 0.4) is 0 Å². The summed E-state index contributed by atoms with van der Waals surface area (Å²) in [6.07, 6.45) is 0.232. The molecule has 2 aliphatic heterocycles. The van der Waals surface area contributed by atoms with Gasteiger partial charge < -0.3 is 9.80 Å². The molecule has 0 unspecified atom stereocenters. The standard InChI is InChI=1S/C18H22N4O2/c1-18-10-21(2)8-12(18)9-22(11-18)16(23)7-15-13-5-3-4-6-14(13)17(24)20-19-15/h3-6,12H,7-11H2,1-2H3,(H,20,24)/t12-,18+/m1/s1. The number of aromatic nitrogens is 2. The fraction of sp³-hybridized carbons (Fsp3) is 0.500. The predicted octanol–water partition coefficient (Wildman–Crippen LogP) is 0.876. The number of hydrogen-bond donors (Lipinski definition) is 1. The number of likely N-dealkylation sites (tertiary alicyclic amines) is 2. The van der Waals surface area contributed by atoms with E-state index in [0.29, 0.717) is 17.0 Å². The van der Waals surface area contributed by atoms with E-state index in [1.165, 1.54) is 0 Å². The van der Waals surface area contributed by atoms with E-state index in [2.05, 4.69) is 29.1 Å². The van der Waals surface area contributed by atoms with Crippen LogP contribution in [0.4, 0.5) is 0 Å². The molecular weight excluding hydrogens is 304 g/mol. The molecule has 24 heavy (non-hydrogen) atoms. The minimum Gasteiger partial charge on any atom is -0.341 e. The summed E-state index contributed by atoms with van der Waals surface area (Å²) in [4.78, 5) is 29.0. The second-order valence-corrected chi connectivity index (χ2v) is 7.54. The summed E-state index contributed by atoms with van der Waals surface area (Å²) in [6, 6.07) is 7.31. The van der Waals surface area contributed by atoms with Crippen LogP contribution in [-0.2, 0) is 11.2 Å². The van der Waals surface area contributed by atoms with Crippen LogP contribution >= 0.6 is 0 Å². The number of fused-ring (bicyclic) bond motifs is 2. The van der Waals surface area contributed by atoms with Gasteiger partial charge in [-0.1, -0.05) is 25.1 Å². The lowest BCUT2D eigenvalue weighted by Crippen LogP contribution is -2.35. The summed E-state index contributed by atoms with van der Waals surface area (Å²) in [6.45, 7) is 6.01. The van der Waals surface area contributed by atoms with Gasteiger partial charge in [0.25, 0.3) is 5.56 Å². The lowest BCUT2D eigenvalue weighted by molar-refractivity contribution is -0.130. The maximum atomic E-state index is 12.8. The first-order valence-corrected chi connectivity index (χ1v) is 8.39. The molecule has 4 rings (SSSR count). The summed E-state index contributed by atoms with van der Waals surface area (Å²) in [5.41, 5.74) is 0.632. The van der Waals surface area contributed by atoms with Gasteiger partial charge in [0.15, 0.2) is 0 Å². The largest absolute Gasteiger partial charge is 0.341 e. The van der Waals surface area contributed by atoms with Gasteiger partial charge in [-0.2, -0.15) is 5.10 Å². The molecule has 2 aromatic rings. The number of carbonyl (C=O) groups excluding carboxylic acids is 1. The van der Waals surface area contributed by atoms with E-state index >= 15 is 0 Å². The molecule has 0 saturated carbocycles. The van der Waals surface area contributed by atoms with E-state index in [0.717, 1.165) is 31.6 Å². The van der Waals surface area contributed by atoms with E-state index < -0.39 is 0 Å². The van der Waals surface area contributed by atoms with Crippen molar-refractivity contribution in [2.24, 2.45) is 11.3 Å². The highest BCUT2D eigenvalue weighted by Crippen LogP contribution is 2.41. The molecule has 6 heteroatoms. The maximum absolute atomic E-state index is 12.8. The van der Waals surface area contributed by atoms with Crippen molar-refractivity contribution in [1.29, 1.82) is 0 Å². The molecular formula is C18H22N4O2. The molecule has 0 aliphatic carbocycles. The van der Waals surface area contributed by atoms with Crippen LogP contribution in [0.25, 0.3) is 10.8 Å². The Bertz CT molecular complexity index is 861. The molecule has 0 bridgehead atoms. The molecule has 126 valence electrons. The van der Waals surface area contributed by atoms with Crippen LogP contribution < -0.4 is 5.56 Å². The number of H-pyrrole nitrogens is 1. The number of nitrogens with zero attached hydrogens (tertiary/aromatic N) is 3. The van der Waals surface area contributed by atoms with Gasteiger partial charge in [0.05, 0.1) is 17.5 Å². The summed E-state index contributed by atoms with van der Waals surface area (Å²) >= 11 is 0. The quantitative estimate of drug-likeness (QED) is 0.889. The second-order valence-electron chi connectivity index (χ2n) is 7.54. The van der Waals surface area contributed by atoms with Crippen molar-refractivity contribution in [3.63, 3.8) is 0 Å². The molecule has 1 aromatic heterocycles. The molecule has 0 spiro atoms. The van der Waals surface area contributed by atoms with Crippen LogP contribution in [0, 0.1) is 11.3 Å². The minimum absolute atomic E-state index is 0.0954. The zero-order valence-corrected chi connectivity index (χ0v) is 14.1. The van der Waals surface area contributed by atoms with Crippen molar-refractivity contribution in [1.82, 2.24) is 20.0 Å². The average molecular weight is 326 g/mol. The monoisotopic (exact) mass is 326 g/mol. The molecule has 2 aliphatic rings. The number of benzene rings is 1. The van der Waals surface area contributed by atoms with E-state index in [4.69, 9.17) is 0 Å². The highest BCUT2D eigenvalue weighted by atomic mass is 16.2. The van der Waals surface area contributed by atoms with Crippen molar-refractivity contribution in [3.05, 3.63) is 40.3 Å². The molecule has 2 atom stereocenters. The fourth-order valence-electron chi connectivity index (χ4n) is 4.38. The fourth-order valence-corrected chi connectivity index (χ4v) is 4.38. The number of nitrogens with one attached hydrogen (secondary N) is 1. The number of aromatic amines is 1. The number of amides is 1. The Hall–Kier alpha value is -2.21. The smallest absolute Gasteiger partial charge is 0.272 e. The maximum Gasteiger partial charge on any atom is 0.272 e. The molecule has 1 aromatic carbocycles. The first-order chi connectivity index (χ1) is 11.5.